The average Bonchev–Trinajstić information content (AvgIpc) is 3.03. The van der Waals surface area contributed by atoms with Crippen molar-refractivity contribution in [2.75, 3.05) is 0 Å². The van der Waals surface area contributed by atoms with Gasteiger partial charge < -0.3 is 9.47 Å². The van der Waals surface area contributed by atoms with Crippen molar-refractivity contribution < 1.29 is 32.2 Å². The van der Waals surface area contributed by atoms with Crippen LogP contribution in [0.5, 0.6) is 5.75 Å². The van der Waals surface area contributed by atoms with E-state index in [4.69, 9.17) is 9.47 Å². The van der Waals surface area contributed by atoms with E-state index in [-0.39, 0.29) is 18.0 Å². The molecule has 0 radical (unpaired) electrons. The zero-order valence-electron chi connectivity index (χ0n) is 26.7. The second-order valence-corrected chi connectivity index (χ2v) is 11.7. The fraction of sp³-hybridized carbons (Fsp3) is 0.474. The second-order valence-electron chi connectivity index (χ2n) is 11.7. The summed E-state index contributed by atoms with van der Waals surface area (Å²) in [6, 6.07) is 21.6. The number of carbonyl (C=O) groups is 2. The van der Waals surface area contributed by atoms with Gasteiger partial charge in [0.25, 0.3) is 0 Å². The SMILES string of the molecule is CCCCCCCCC(=O)Oc1ccc(-c2ccc(-c3ccc(C(=O)OC(CCCCCCCC)C(F)(F)F)cc3)cc2)cc1. The van der Waals surface area contributed by atoms with Crippen LogP contribution in [0.25, 0.3) is 22.3 Å². The molecule has 7 heteroatoms. The number of halogens is 3. The summed E-state index contributed by atoms with van der Waals surface area (Å²) < 4.78 is 51.0. The van der Waals surface area contributed by atoms with Crippen LogP contribution in [0, 0.1) is 0 Å². The van der Waals surface area contributed by atoms with Crippen LogP contribution in [0.2, 0.25) is 0 Å². The Bertz CT molecular complexity index is 1280. The van der Waals surface area contributed by atoms with Crippen molar-refractivity contribution in [1.29, 1.82) is 0 Å². The monoisotopic (exact) mass is 624 g/mol. The van der Waals surface area contributed by atoms with Crippen LogP contribution >= 0.6 is 0 Å². The lowest BCUT2D eigenvalue weighted by Crippen LogP contribution is -2.33. The molecule has 0 saturated carbocycles. The van der Waals surface area contributed by atoms with Gasteiger partial charge >= 0.3 is 18.1 Å². The molecule has 3 aromatic rings. The van der Waals surface area contributed by atoms with E-state index in [1.54, 1.807) is 24.3 Å². The second kappa shape index (κ2) is 19.0. The highest BCUT2D eigenvalue weighted by Gasteiger charge is 2.42. The predicted octanol–water partition coefficient (Wildman–Crippen LogP) is 11.5. The van der Waals surface area contributed by atoms with Gasteiger partial charge in [-0.2, -0.15) is 13.2 Å². The van der Waals surface area contributed by atoms with Crippen LogP contribution in [0.3, 0.4) is 0 Å². The lowest BCUT2D eigenvalue weighted by Gasteiger charge is -2.20. The minimum absolute atomic E-state index is 0.0836. The number of esters is 2. The van der Waals surface area contributed by atoms with Crippen molar-refractivity contribution in [2.24, 2.45) is 0 Å². The van der Waals surface area contributed by atoms with Gasteiger partial charge in [-0.3, -0.25) is 4.79 Å². The van der Waals surface area contributed by atoms with Crippen molar-refractivity contribution in [2.45, 2.75) is 116 Å². The molecule has 3 rings (SSSR count). The van der Waals surface area contributed by atoms with Crippen molar-refractivity contribution >= 4 is 11.9 Å². The Labute approximate surface area is 266 Å². The normalized spacial score (nSPS) is 12.1. The highest BCUT2D eigenvalue weighted by Crippen LogP contribution is 2.30. The summed E-state index contributed by atoms with van der Waals surface area (Å²) in [6.45, 7) is 4.27. The van der Waals surface area contributed by atoms with Gasteiger partial charge in [0.2, 0.25) is 0 Å². The van der Waals surface area contributed by atoms with E-state index in [9.17, 15) is 22.8 Å². The quantitative estimate of drug-likeness (QED) is 0.0756. The molecule has 1 unspecified atom stereocenters. The number of rotatable bonds is 19. The average molecular weight is 625 g/mol. The molecule has 45 heavy (non-hydrogen) atoms. The molecule has 244 valence electrons. The summed E-state index contributed by atoms with van der Waals surface area (Å²) in [5, 5.41) is 0. The number of ether oxygens (including phenoxy) is 2. The van der Waals surface area contributed by atoms with Crippen LogP contribution < -0.4 is 4.74 Å². The first-order valence-corrected chi connectivity index (χ1v) is 16.5. The zero-order chi connectivity index (χ0) is 32.5. The van der Waals surface area contributed by atoms with E-state index in [2.05, 4.69) is 13.8 Å². The first-order valence-electron chi connectivity index (χ1n) is 16.5. The molecule has 0 fully saturated rings. The molecule has 0 saturated heterocycles. The number of carbonyl (C=O) groups excluding carboxylic acids is 2. The summed E-state index contributed by atoms with van der Waals surface area (Å²) in [5.41, 5.74) is 3.75. The molecule has 0 bridgehead atoms. The highest BCUT2D eigenvalue weighted by atomic mass is 19.4. The van der Waals surface area contributed by atoms with Gasteiger partial charge in [-0.1, -0.05) is 127 Å². The van der Waals surface area contributed by atoms with E-state index in [0.717, 1.165) is 67.2 Å². The van der Waals surface area contributed by atoms with Gasteiger partial charge in [0.05, 0.1) is 5.56 Å². The van der Waals surface area contributed by atoms with Crippen LogP contribution in [0.1, 0.15) is 114 Å². The molecular formula is C38H47F3O4. The van der Waals surface area contributed by atoms with Gasteiger partial charge in [0, 0.05) is 6.42 Å². The number of benzene rings is 3. The summed E-state index contributed by atoms with van der Waals surface area (Å²) in [4.78, 5) is 24.7. The van der Waals surface area contributed by atoms with Crippen LogP contribution in [-0.4, -0.2) is 24.2 Å². The van der Waals surface area contributed by atoms with Crippen LogP contribution in [0.15, 0.2) is 72.8 Å². The van der Waals surface area contributed by atoms with Crippen molar-refractivity contribution in [3.63, 3.8) is 0 Å². The molecule has 0 spiro atoms. The molecular weight excluding hydrogens is 577 g/mol. The maximum atomic E-state index is 13.5. The summed E-state index contributed by atoms with van der Waals surface area (Å²) in [7, 11) is 0. The third-order valence-corrected chi connectivity index (χ3v) is 7.93. The fourth-order valence-electron chi connectivity index (χ4n) is 5.20. The Hall–Kier alpha value is -3.61. The molecule has 4 nitrogen and oxygen atoms in total. The first kappa shape index (κ1) is 35.9. The van der Waals surface area contributed by atoms with E-state index in [1.165, 1.54) is 31.4 Å². The largest absolute Gasteiger partial charge is 0.449 e. The fourth-order valence-corrected chi connectivity index (χ4v) is 5.20. The molecule has 3 aromatic carbocycles. The Morgan fingerprint density at radius 1 is 0.600 bits per heavy atom. The van der Waals surface area contributed by atoms with Crippen molar-refractivity contribution in [3.8, 4) is 28.0 Å². The Morgan fingerprint density at radius 2 is 1.02 bits per heavy atom. The molecule has 0 aliphatic rings. The van der Waals surface area contributed by atoms with Gasteiger partial charge in [-0.25, -0.2) is 4.79 Å². The predicted molar refractivity (Wildman–Crippen MR) is 174 cm³/mol. The Balaban J connectivity index is 1.51. The number of hydrogen-bond acceptors (Lipinski definition) is 4. The molecule has 1 atom stereocenters. The Kier molecular flexibility index (Phi) is 15.2. The summed E-state index contributed by atoms with van der Waals surface area (Å²) in [6.07, 6.45) is 5.29. The molecule has 0 aliphatic heterocycles. The lowest BCUT2D eigenvalue weighted by molar-refractivity contribution is -0.206. The van der Waals surface area contributed by atoms with Crippen molar-refractivity contribution in [3.05, 3.63) is 78.4 Å². The molecule has 0 aromatic heterocycles. The van der Waals surface area contributed by atoms with Crippen LogP contribution in [0.4, 0.5) is 13.2 Å². The van der Waals surface area contributed by atoms with Crippen molar-refractivity contribution in [1.82, 2.24) is 0 Å². The minimum Gasteiger partial charge on any atom is -0.449 e. The standard InChI is InChI=1S/C38H47F3O4/c1-3-5-7-9-11-13-15-35(38(39,40)41)45-37(43)33-23-21-31(22-24-33)29-17-19-30(20-18-29)32-25-27-34(28-26-32)44-36(42)16-14-12-10-8-6-4-2/h17-28,35H,3-16H2,1-2H3. The molecule has 0 heterocycles. The number of alkyl halides is 3. The smallest absolute Gasteiger partial charge is 0.425 e. The van der Waals surface area contributed by atoms with E-state index in [1.807, 2.05) is 36.4 Å². The van der Waals surface area contributed by atoms with Gasteiger partial charge in [-0.15, -0.1) is 0 Å². The van der Waals surface area contributed by atoms with Gasteiger partial charge in [0.1, 0.15) is 5.75 Å². The van der Waals surface area contributed by atoms with Crippen LogP contribution in [-0.2, 0) is 9.53 Å². The third kappa shape index (κ3) is 12.7. The van der Waals surface area contributed by atoms with E-state index in [0.29, 0.717) is 25.0 Å². The highest BCUT2D eigenvalue weighted by molar-refractivity contribution is 5.90. The van der Waals surface area contributed by atoms with E-state index >= 15 is 0 Å². The number of unbranched alkanes of at least 4 members (excludes halogenated alkanes) is 10. The maximum Gasteiger partial charge on any atom is 0.425 e. The third-order valence-electron chi connectivity index (χ3n) is 7.93. The van der Waals surface area contributed by atoms with Gasteiger partial charge in [-0.05, 0) is 65.8 Å². The summed E-state index contributed by atoms with van der Waals surface area (Å²) in [5.74, 6) is -0.661. The van der Waals surface area contributed by atoms with Gasteiger partial charge in [0.15, 0.2) is 6.10 Å². The number of hydrogen-bond donors (Lipinski definition) is 0. The lowest BCUT2D eigenvalue weighted by atomic mass is 9.99. The first-order chi connectivity index (χ1) is 21.7. The maximum absolute atomic E-state index is 13.5. The summed E-state index contributed by atoms with van der Waals surface area (Å²) >= 11 is 0. The molecule has 0 amide bonds. The Morgan fingerprint density at radius 3 is 1.51 bits per heavy atom. The zero-order valence-corrected chi connectivity index (χ0v) is 26.7. The van der Waals surface area contributed by atoms with E-state index < -0.39 is 18.2 Å². The molecule has 0 N–H and O–H groups in total. The minimum atomic E-state index is -4.60. The molecule has 0 aliphatic carbocycles. The topological polar surface area (TPSA) is 52.6 Å².